The number of phenolic OH excluding ortho intramolecular Hbond substituents is 1. The molecule has 0 bridgehead atoms. The molecule has 2 aromatic carbocycles. The third-order valence-electron chi connectivity index (χ3n) is 5.42. The molecule has 0 saturated carbocycles. The van der Waals surface area contributed by atoms with E-state index in [1.165, 1.54) is 63.8 Å². The Morgan fingerprint density at radius 2 is 1.64 bits per heavy atom. The van der Waals surface area contributed by atoms with Crippen LogP contribution >= 0.6 is 0 Å². The van der Waals surface area contributed by atoms with Crippen molar-refractivity contribution in [3.63, 3.8) is 0 Å². The van der Waals surface area contributed by atoms with Gasteiger partial charge in [-0.25, -0.2) is 9.59 Å². The van der Waals surface area contributed by atoms with Gasteiger partial charge in [-0.1, -0.05) is 19.9 Å². The molecular weight excluding hydrogens is 510 g/mol. The number of anilines is 1. The number of phenols is 1. The van der Waals surface area contributed by atoms with Crippen LogP contribution in [0.3, 0.4) is 0 Å². The first-order valence-corrected chi connectivity index (χ1v) is 11.7. The average Bonchev–Trinajstić information content (AvgIpc) is 2.93. The molecule has 0 spiro atoms. The molecule has 0 aromatic heterocycles. The number of nitrogens with one attached hydrogen (secondary N) is 3. The highest BCUT2D eigenvalue weighted by Gasteiger charge is 2.26. The molecule has 0 aliphatic heterocycles. The van der Waals surface area contributed by atoms with Gasteiger partial charge in [0, 0.05) is 6.08 Å². The molecule has 12 nitrogen and oxygen atoms in total. The van der Waals surface area contributed by atoms with Gasteiger partial charge in [0.25, 0.3) is 0 Å². The highest BCUT2D eigenvalue weighted by atomic mass is 16.5. The van der Waals surface area contributed by atoms with Crippen molar-refractivity contribution in [2.24, 2.45) is 5.92 Å². The summed E-state index contributed by atoms with van der Waals surface area (Å²) in [6.07, 6.45) is 2.68. The summed E-state index contributed by atoms with van der Waals surface area (Å²) in [4.78, 5) is 61.8. The van der Waals surface area contributed by atoms with E-state index < -0.39 is 42.2 Å². The summed E-state index contributed by atoms with van der Waals surface area (Å²) in [5, 5.41) is 17.2. The summed E-state index contributed by atoms with van der Waals surface area (Å²) in [7, 11) is 3.76. The van der Waals surface area contributed by atoms with Crippen molar-refractivity contribution in [2.75, 3.05) is 33.2 Å². The summed E-state index contributed by atoms with van der Waals surface area (Å²) in [5.41, 5.74) is 0.673. The van der Waals surface area contributed by atoms with Gasteiger partial charge in [-0.15, -0.1) is 0 Å². The van der Waals surface area contributed by atoms with Crippen molar-refractivity contribution in [1.29, 1.82) is 0 Å². The Bertz CT molecular complexity index is 1270. The van der Waals surface area contributed by atoms with Crippen LogP contribution in [0.4, 0.5) is 5.69 Å². The molecule has 3 amide bonds. The maximum atomic E-state index is 13.1. The summed E-state index contributed by atoms with van der Waals surface area (Å²) in [5.74, 6) is -3.45. The van der Waals surface area contributed by atoms with Crippen molar-refractivity contribution in [3.05, 3.63) is 59.2 Å². The van der Waals surface area contributed by atoms with Crippen molar-refractivity contribution in [2.45, 2.75) is 19.9 Å². The van der Waals surface area contributed by atoms with Gasteiger partial charge in [0.15, 0.2) is 11.5 Å². The SMILES string of the molecule is COC(=O)c1ccc(C(=O)OC)c(NC(=O)[C@@H](NC(=O)CNC(=O)/C=C/c2ccc(O)c(OC)c2)C(C)C)c1. The molecule has 0 heterocycles. The zero-order valence-electron chi connectivity index (χ0n) is 22.2. The van der Waals surface area contributed by atoms with Gasteiger partial charge in [-0.05, 0) is 47.9 Å². The second kappa shape index (κ2) is 14.2. The number of carbonyl (C=O) groups is 5. The standard InChI is InChI=1S/C27H31N3O9/c1-15(2)24(25(34)29-19-13-17(26(35)38-4)8-9-18(19)27(36)39-5)30-23(33)14-28-22(32)11-7-16-6-10-20(31)21(12-16)37-3/h6-13,15,24,31H,14H2,1-5H3,(H,28,32)(H,29,34)(H,30,33)/b11-7+/t24-/m0/s1. The molecule has 2 aromatic rings. The average molecular weight is 542 g/mol. The second-order valence-electron chi connectivity index (χ2n) is 8.50. The van der Waals surface area contributed by atoms with E-state index in [1.807, 2.05) is 0 Å². The second-order valence-corrected chi connectivity index (χ2v) is 8.50. The molecule has 0 saturated heterocycles. The fraction of sp³-hybridized carbons (Fsp3) is 0.296. The minimum atomic E-state index is -1.04. The number of amides is 3. The Morgan fingerprint density at radius 3 is 2.26 bits per heavy atom. The van der Waals surface area contributed by atoms with Crippen LogP contribution in [-0.4, -0.2) is 68.7 Å². The fourth-order valence-electron chi connectivity index (χ4n) is 3.35. The molecule has 1 atom stereocenters. The zero-order valence-corrected chi connectivity index (χ0v) is 22.2. The van der Waals surface area contributed by atoms with Crippen LogP contribution in [0.5, 0.6) is 11.5 Å². The minimum absolute atomic E-state index is 0.000972. The van der Waals surface area contributed by atoms with Gasteiger partial charge in [0.1, 0.15) is 6.04 Å². The van der Waals surface area contributed by atoms with Crippen LogP contribution < -0.4 is 20.7 Å². The van der Waals surface area contributed by atoms with Crippen molar-refractivity contribution >= 4 is 41.4 Å². The molecule has 0 aliphatic rings. The first-order chi connectivity index (χ1) is 18.5. The van der Waals surface area contributed by atoms with E-state index in [9.17, 15) is 29.1 Å². The van der Waals surface area contributed by atoms with E-state index in [4.69, 9.17) is 9.47 Å². The predicted octanol–water partition coefficient (Wildman–Crippen LogP) is 1.88. The van der Waals surface area contributed by atoms with E-state index in [2.05, 4.69) is 20.7 Å². The van der Waals surface area contributed by atoms with Crippen LogP contribution in [0, 0.1) is 5.92 Å². The van der Waals surface area contributed by atoms with Crippen LogP contribution in [0.25, 0.3) is 6.08 Å². The van der Waals surface area contributed by atoms with Gasteiger partial charge >= 0.3 is 11.9 Å². The number of rotatable bonds is 11. The first kappa shape index (κ1) is 30.4. The molecule has 0 aliphatic carbocycles. The molecule has 12 heteroatoms. The summed E-state index contributed by atoms with van der Waals surface area (Å²) in [6, 6.07) is 7.42. The highest BCUT2D eigenvalue weighted by molar-refractivity contribution is 6.05. The van der Waals surface area contributed by atoms with Gasteiger partial charge in [0.2, 0.25) is 17.7 Å². The Balaban J connectivity index is 2.06. The molecular formula is C27H31N3O9. The largest absolute Gasteiger partial charge is 0.504 e. The summed E-state index contributed by atoms with van der Waals surface area (Å²) < 4.78 is 14.4. The number of carbonyl (C=O) groups excluding carboxylic acids is 5. The summed E-state index contributed by atoms with van der Waals surface area (Å²) >= 11 is 0. The molecule has 208 valence electrons. The number of ether oxygens (including phenoxy) is 3. The lowest BCUT2D eigenvalue weighted by Gasteiger charge is -2.22. The maximum absolute atomic E-state index is 13.1. The third-order valence-corrected chi connectivity index (χ3v) is 5.42. The quantitative estimate of drug-likeness (QED) is 0.245. The number of hydrogen-bond acceptors (Lipinski definition) is 9. The van der Waals surface area contributed by atoms with E-state index in [-0.39, 0.29) is 34.2 Å². The molecule has 39 heavy (non-hydrogen) atoms. The van der Waals surface area contributed by atoms with E-state index in [1.54, 1.807) is 19.9 Å². The molecule has 0 fully saturated rings. The topological polar surface area (TPSA) is 169 Å². The lowest BCUT2D eigenvalue weighted by atomic mass is 10.0. The Morgan fingerprint density at radius 1 is 0.949 bits per heavy atom. The van der Waals surface area contributed by atoms with E-state index in [0.29, 0.717) is 5.56 Å². The fourth-order valence-corrected chi connectivity index (χ4v) is 3.35. The molecule has 2 rings (SSSR count). The molecule has 4 N–H and O–H groups in total. The lowest BCUT2D eigenvalue weighted by Crippen LogP contribution is -2.50. The van der Waals surface area contributed by atoms with Gasteiger partial charge < -0.3 is 35.3 Å². The Hall–Kier alpha value is -4.87. The zero-order chi connectivity index (χ0) is 29.1. The monoisotopic (exact) mass is 541 g/mol. The number of aromatic hydroxyl groups is 1. The maximum Gasteiger partial charge on any atom is 0.339 e. The van der Waals surface area contributed by atoms with Crippen molar-refractivity contribution in [1.82, 2.24) is 10.6 Å². The predicted molar refractivity (Wildman–Crippen MR) is 141 cm³/mol. The van der Waals surface area contributed by atoms with Crippen molar-refractivity contribution < 1.29 is 43.3 Å². The first-order valence-electron chi connectivity index (χ1n) is 11.7. The van der Waals surface area contributed by atoms with Gasteiger partial charge in [-0.2, -0.15) is 0 Å². The Kier molecular flexibility index (Phi) is 11.0. The van der Waals surface area contributed by atoms with E-state index in [0.717, 1.165) is 0 Å². The van der Waals surface area contributed by atoms with Gasteiger partial charge in [0.05, 0.1) is 44.7 Å². The van der Waals surface area contributed by atoms with Crippen molar-refractivity contribution in [3.8, 4) is 11.5 Å². The van der Waals surface area contributed by atoms with E-state index >= 15 is 0 Å². The highest BCUT2D eigenvalue weighted by Crippen LogP contribution is 2.26. The third kappa shape index (κ3) is 8.59. The number of esters is 2. The molecule has 0 radical (unpaired) electrons. The lowest BCUT2D eigenvalue weighted by molar-refractivity contribution is -0.128. The normalized spacial score (nSPS) is 11.4. The Labute approximate surface area is 225 Å². The number of hydrogen-bond donors (Lipinski definition) is 4. The van der Waals surface area contributed by atoms with Crippen LogP contribution in [0.15, 0.2) is 42.5 Å². The smallest absolute Gasteiger partial charge is 0.339 e. The summed E-state index contributed by atoms with van der Waals surface area (Å²) in [6.45, 7) is 2.98. The van der Waals surface area contributed by atoms with Crippen LogP contribution in [0.1, 0.15) is 40.1 Å². The number of methoxy groups -OCH3 is 3. The molecule has 0 unspecified atom stereocenters. The number of benzene rings is 2. The van der Waals surface area contributed by atoms with Crippen LogP contribution in [-0.2, 0) is 23.9 Å². The van der Waals surface area contributed by atoms with Gasteiger partial charge in [-0.3, -0.25) is 14.4 Å². The minimum Gasteiger partial charge on any atom is -0.504 e. The van der Waals surface area contributed by atoms with Crippen LogP contribution in [0.2, 0.25) is 0 Å².